The molecule has 18 heteroatoms. The van der Waals surface area contributed by atoms with Crippen LogP contribution in [0.2, 0.25) is 0 Å². The summed E-state index contributed by atoms with van der Waals surface area (Å²) in [6, 6.07) is 0.130. The van der Waals surface area contributed by atoms with E-state index in [1.54, 1.807) is 4.72 Å². The first kappa shape index (κ1) is 27.5. The van der Waals surface area contributed by atoms with Crippen LogP contribution in [0.3, 0.4) is 0 Å². The summed E-state index contributed by atoms with van der Waals surface area (Å²) >= 11 is 0. The number of sulfonamides is 1. The van der Waals surface area contributed by atoms with Gasteiger partial charge in [0.1, 0.15) is 21.1 Å². The Hall–Kier alpha value is -3.28. The van der Waals surface area contributed by atoms with Crippen molar-refractivity contribution in [3.63, 3.8) is 0 Å². The fraction of sp³-hybridized carbons (Fsp3) is 0.458. The van der Waals surface area contributed by atoms with E-state index in [1.807, 2.05) is 0 Å². The lowest BCUT2D eigenvalue weighted by atomic mass is 9.87. The molecule has 2 atom stereocenters. The van der Waals surface area contributed by atoms with Crippen molar-refractivity contribution < 1.29 is 61.2 Å². The Morgan fingerprint density at radius 3 is 2.45 bits per heavy atom. The van der Waals surface area contributed by atoms with E-state index >= 15 is 0 Å². The second-order valence-electron chi connectivity index (χ2n) is 9.68. The SMILES string of the molecule is [2H]C([2H])([2H])OC1=CC=CCC1(C)S(=O)(=O)n1cc(S(=O)(=O)Nc2cc(F)c(C(F)(F)F)nc2OC)c2c1CC(C(F)(F)F)CC2. The molecule has 1 N–H and O–H groups in total. The van der Waals surface area contributed by atoms with Gasteiger partial charge in [0, 0.05) is 24.4 Å². The molecule has 0 radical (unpaired) electrons. The molecule has 2 aliphatic rings. The number of alkyl halides is 6. The molecule has 2 heterocycles. The lowest BCUT2D eigenvalue weighted by Gasteiger charge is -2.33. The Kier molecular flexibility index (Phi) is 6.86. The average molecular weight is 651 g/mol. The zero-order valence-corrected chi connectivity index (χ0v) is 23.2. The first-order valence-corrected chi connectivity index (χ1v) is 14.8. The summed E-state index contributed by atoms with van der Waals surface area (Å²) < 4.78 is 182. The van der Waals surface area contributed by atoms with Gasteiger partial charge in [-0.2, -0.15) is 26.3 Å². The van der Waals surface area contributed by atoms with Gasteiger partial charge in [0.15, 0.2) is 11.5 Å². The van der Waals surface area contributed by atoms with Gasteiger partial charge < -0.3 is 9.47 Å². The van der Waals surface area contributed by atoms with Crippen LogP contribution in [0.1, 0.15) is 40.8 Å². The van der Waals surface area contributed by atoms with E-state index < -0.39 is 115 Å². The standard InChI is InChI=1S/C24H24F7N3O6S2/c1-22(9-5-4-6-19(22)39-2)42(37,38)34-12-18(14-8-7-13(10-17(14)34)23(26,27)28)41(35,36)33-16-11-15(25)20(24(29,30)31)32-21(16)40-3/h4-6,11-13,33H,7-10H2,1-3H3/i2D3. The predicted molar refractivity (Wildman–Crippen MR) is 134 cm³/mol. The third kappa shape index (κ3) is 5.33. The number of aromatic nitrogens is 2. The Balaban J connectivity index is 1.89. The third-order valence-electron chi connectivity index (χ3n) is 7.08. The molecule has 0 saturated carbocycles. The van der Waals surface area contributed by atoms with E-state index in [4.69, 9.17) is 8.85 Å². The molecular formula is C24H24F7N3O6S2. The predicted octanol–water partition coefficient (Wildman–Crippen LogP) is 4.94. The lowest BCUT2D eigenvalue weighted by Crippen LogP contribution is -2.43. The third-order valence-corrected chi connectivity index (χ3v) is 10.8. The number of anilines is 1. The number of nitrogens with zero attached hydrogens (tertiary/aromatic N) is 2. The Morgan fingerprint density at radius 2 is 1.86 bits per heavy atom. The lowest BCUT2D eigenvalue weighted by molar-refractivity contribution is -0.177. The zero-order valence-electron chi connectivity index (χ0n) is 24.6. The van der Waals surface area contributed by atoms with Crippen molar-refractivity contribution in [2.45, 2.75) is 54.6 Å². The van der Waals surface area contributed by atoms with Crippen molar-refractivity contribution in [3.05, 3.63) is 59.0 Å². The van der Waals surface area contributed by atoms with Gasteiger partial charge in [0.25, 0.3) is 20.0 Å². The van der Waals surface area contributed by atoms with E-state index in [1.165, 1.54) is 12.2 Å². The van der Waals surface area contributed by atoms with E-state index in [0.29, 0.717) is 10.2 Å². The van der Waals surface area contributed by atoms with Crippen molar-refractivity contribution in [2.24, 2.45) is 5.92 Å². The van der Waals surface area contributed by atoms with Gasteiger partial charge in [-0.3, -0.25) is 4.72 Å². The first-order chi connectivity index (χ1) is 20.4. The molecule has 0 spiro atoms. The van der Waals surface area contributed by atoms with Crippen molar-refractivity contribution in [2.75, 3.05) is 18.9 Å². The maximum atomic E-state index is 14.3. The average Bonchev–Trinajstić information content (AvgIpc) is 3.29. The second-order valence-corrected chi connectivity index (χ2v) is 13.6. The number of pyridine rings is 1. The van der Waals surface area contributed by atoms with Gasteiger partial charge in [-0.1, -0.05) is 12.2 Å². The molecule has 0 aliphatic heterocycles. The molecule has 2 aliphatic carbocycles. The summed E-state index contributed by atoms with van der Waals surface area (Å²) in [6.45, 7) is 1.05. The van der Waals surface area contributed by atoms with Crippen LogP contribution in [0.5, 0.6) is 5.88 Å². The molecule has 0 amide bonds. The Bertz CT molecular complexity index is 1790. The molecule has 0 bridgehead atoms. The van der Waals surface area contributed by atoms with Gasteiger partial charge in [0.05, 0.1) is 24.2 Å². The van der Waals surface area contributed by atoms with Crippen LogP contribution in [0, 0.1) is 11.7 Å². The minimum absolute atomic E-state index is 0.130. The van der Waals surface area contributed by atoms with E-state index in [2.05, 4.69) is 9.72 Å². The first-order valence-electron chi connectivity index (χ1n) is 13.4. The molecule has 0 saturated heterocycles. The number of hydrogen-bond donors (Lipinski definition) is 1. The highest BCUT2D eigenvalue weighted by molar-refractivity contribution is 7.93. The summed E-state index contributed by atoms with van der Waals surface area (Å²) in [5, 5.41) is 0. The van der Waals surface area contributed by atoms with Crippen LogP contribution in [0.25, 0.3) is 0 Å². The molecule has 2 aromatic heterocycles. The number of nitrogens with one attached hydrogen (secondary N) is 1. The van der Waals surface area contributed by atoms with Crippen LogP contribution < -0.4 is 9.46 Å². The fourth-order valence-electron chi connectivity index (χ4n) is 4.81. The molecule has 42 heavy (non-hydrogen) atoms. The van der Waals surface area contributed by atoms with Crippen LogP contribution in [-0.2, 0) is 43.8 Å². The van der Waals surface area contributed by atoms with Crippen molar-refractivity contribution in [1.29, 1.82) is 0 Å². The molecule has 4 rings (SSSR count). The summed E-state index contributed by atoms with van der Waals surface area (Å²) in [4.78, 5) is 2.09. The number of halogens is 7. The minimum Gasteiger partial charge on any atom is -0.499 e. The normalized spacial score (nSPS) is 22.8. The van der Waals surface area contributed by atoms with Crippen LogP contribution in [0.15, 0.2) is 41.1 Å². The molecule has 0 aromatic carbocycles. The van der Waals surface area contributed by atoms with Gasteiger partial charge in [-0.05, 0) is 37.8 Å². The van der Waals surface area contributed by atoms with Gasteiger partial charge in [-0.25, -0.2) is 30.2 Å². The largest absolute Gasteiger partial charge is 0.499 e. The second kappa shape index (κ2) is 10.5. The number of ether oxygens (including phenoxy) is 2. The van der Waals surface area contributed by atoms with Crippen molar-refractivity contribution >= 4 is 25.7 Å². The number of allylic oxidation sites excluding steroid dienone is 3. The maximum absolute atomic E-state index is 14.3. The van der Waals surface area contributed by atoms with Gasteiger partial charge in [0.2, 0.25) is 5.88 Å². The minimum atomic E-state index is -5.28. The molecule has 0 fully saturated rings. The van der Waals surface area contributed by atoms with Crippen LogP contribution in [-0.4, -0.2) is 50.9 Å². The molecule has 9 nitrogen and oxygen atoms in total. The molecular weight excluding hydrogens is 623 g/mol. The number of rotatable bonds is 7. The summed E-state index contributed by atoms with van der Waals surface area (Å²) in [5.74, 6) is -5.67. The van der Waals surface area contributed by atoms with Crippen molar-refractivity contribution in [1.82, 2.24) is 8.96 Å². The number of methoxy groups -OCH3 is 2. The summed E-state index contributed by atoms with van der Waals surface area (Å²) in [7, 11) is -12.4. The Morgan fingerprint density at radius 1 is 1.17 bits per heavy atom. The molecule has 232 valence electrons. The quantitative estimate of drug-likeness (QED) is 0.422. The fourth-order valence-corrected chi connectivity index (χ4v) is 8.04. The molecule has 2 aromatic rings. The highest BCUT2D eigenvalue weighted by Crippen LogP contribution is 2.44. The summed E-state index contributed by atoms with van der Waals surface area (Å²) in [6.07, 6.45) is -8.55. The summed E-state index contributed by atoms with van der Waals surface area (Å²) in [5.41, 5.74) is -3.87. The monoisotopic (exact) mass is 650 g/mol. The van der Waals surface area contributed by atoms with E-state index in [-0.39, 0.29) is 11.6 Å². The highest BCUT2D eigenvalue weighted by Gasteiger charge is 2.50. The highest BCUT2D eigenvalue weighted by atomic mass is 32.2. The smallest absolute Gasteiger partial charge is 0.436 e. The topological polar surface area (TPSA) is 117 Å². The van der Waals surface area contributed by atoms with E-state index in [9.17, 15) is 47.6 Å². The molecule has 2 unspecified atom stereocenters. The van der Waals surface area contributed by atoms with Crippen molar-refractivity contribution in [3.8, 4) is 5.88 Å². The number of hydrogen-bond acceptors (Lipinski definition) is 7. The van der Waals surface area contributed by atoms with Gasteiger partial charge >= 0.3 is 12.4 Å². The van der Waals surface area contributed by atoms with Crippen LogP contribution >= 0.6 is 0 Å². The van der Waals surface area contributed by atoms with Crippen LogP contribution in [0.4, 0.5) is 36.4 Å². The van der Waals surface area contributed by atoms with Gasteiger partial charge in [-0.15, -0.1) is 0 Å². The van der Waals surface area contributed by atoms with E-state index in [0.717, 1.165) is 20.1 Å². The maximum Gasteiger partial charge on any atom is 0.436 e. The zero-order chi connectivity index (χ0) is 34.0. The number of fused-ring (bicyclic) bond motifs is 1. The Labute approximate surface area is 240 Å².